The zero-order valence-corrected chi connectivity index (χ0v) is 12.5. The van der Waals surface area contributed by atoms with Crippen LogP contribution in [0.15, 0.2) is 36.7 Å². The zero-order chi connectivity index (χ0) is 17.1. The molecule has 1 saturated heterocycles. The highest BCUT2D eigenvalue weighted by Crippen LogP contribution is 2.16. The number of imide groups is 1. The normalized spacial score (nSPS) is 13.8. The third kappa shape index (κ3) is 3.14. The van der Waals surface area contributed by atoms with E-state index >= 15 is 0 Å². The smallest absolute Gasteiger partial charge is 0.324 e. The van der Waals surface area contributed by atoms with Crippen LogP contribution in [0.4, 0.5) is 16.3 Å². The highest BCUT2D eigenvalue weighted by Gasteiger charge is 2.28. The lowest BCUT2D eigenvalue weighted by Gasteiger charge is -2.13. The monoisotopic (exact) mass is 326 g/mol. The SMILES string of the molecule is Nc1nccnc1C(=O)Nc1cccc(CN2C(=O)CNC2=O)c1. The molecule has 9 nitrogen and oxygen atoms in total. The lowest BCUT2D eigenvalue weighted by atomic mass is 10.2. The van der Waals surface area contributed by atoms with Gasteiger partial charge in [0.05, 0.1) is 13.1 Å². The van der Waals surface area contributed by atoms with Gasteiger partial charge in [-0.25, -0.2) is 14.8 Å². The van der Waals surface area contributed by atoms with E-state index in [1.165, 1.54) is 12.4 Å². The number of nitrogens with two attached hydrogens (primary N) is 1. The maximum absolute atomic E-state index is 12.2. The van der Waals surface area contributed by atoms with Crippen LogP contribution in [0.5, 0.6) is 0 Å². The summed E-state index contributed by atoms with van der Waals surface area (Å²) in [7, 11) is 0. The van der Waals surface area contributed by atoms with Crippen molar-refractivity contribution in [3.63, 3.8) is 0 Å². The average molecular weight is 326 g/mol. The molecule has 1 fully saturated rings. The van der Waals surface area contributed by atoms with E-state index in [-0.39, 0.29) is 30.5 Å². The molecule has 1 aliphatic heterocycles. The van der Waals surface area contributed by atoms with Crippen LogP contribution in [0.25, 0.3) is 0 Å². The molecule has 0 unspecified atom stereocenters. The Balaban J connectivity index is 1.74. The number of nitrogen functional groups attached to an aromatic ring is 1. The number of nitrogens with zero attached hydrogens (tertiary/aromatic N) is 3. The average Bonchev–Trinajstić information content (AvgIpc) is 2.87. The first kappa shape index (κ1) is 15.4. The Bertz CT molecular complexity index is 806. The Morgan fingerprint density at radius 2 is 2.08 bits per heavy atom. The fraction of sp³-hybridized carbons (Fsp3) is 0.133. The number of carbonyl (C=O) groups is 3. The van der Waals surface area contributed by atoms with Crippen molar-refractivity contribution in [1.29, 1.82) is 0 Å². The highest BCUT2D eigenvalue weighted by atomic mass is 16.2. The molecule has 2 heterocycles. The first-order valence-electron chi connectivity index (χ1n) is 7.09. The lowest BCUT2D eigenvalue weighted by Crippen LogP contribution is -2.30. The molecule has 9 heteroatoms. The van der Waals surface area contributed by atoms with Crippen LogP contribution in [0.1, 0.15) is 16.1 Å². The van der Waals surface area contributed by atoms with Gasteiger partial charge in [0, 0.05) is 18.1 Å². The Hall–Kier alpha value is -3.49. The molecule has 24 heavy (non-hydrogen) atoms. The predicted molar refractivity (Wildman–Crippen MR) is 84.8 cm³/mol. The first-order chi connectivity index (χ1) is 11.5. The molecule has 0 saturated carbocycles. The molecule has 1 aromatic carbocycles. The second-order valence-corrected chi connectivity index (χ2v) is 5.08. The number of amides is 4. The van der Waals surface area contributed by atoms with Gasteiger partial charge >= 0.3 is 6.03 Å². The summed E-state index contributed by atoms with van der Waals surface area (Å²) in [5, 5.41) is 5.11. The van der Waals surface area contributed by atoms with Crippen molar-refractivity contribution in [3.05, 3.63) is 47.9 Å². The largest absolute Gasteiger partial charge is 0.382 e. The van der Waals surface area contributed by atoms with Gasteiger partial charge in [-0.3, -0.25) is 14.5 Å². The first-order valence-corrected chi connectivity index (χ1v) is 7.09. The zero-order valence-electron chi connectivity index (χ0n) is 12.5. The maximum atomic E-state index is 12.2. The van der Waals surface area contributed by atoms with E-state index in [4.69, 9.17) is 5.73 Å². The summed E-state index contributed by atoms with van der Waals surface area (Å²) in [6.07, 6.45) is 2.77. The van der Waals surface area contributed by atoms with Crippen molar-refractivity contribution < 1.29 is 14.4 Å². The summed E-state index contributed by atoms with van der Waals surface area (Å²) in [6, 6.07) is 6.39. The van der Waals surface area contributed by atoms with Crippen LogP contribution < -0.4 is 16.4 Å². The van der Waals surface area contributed by atoms with E-state index < -0.39 is 11.9 Å². The number of hydrogen-bond acceptors (Lipinski definition) is 6. The quantitative estimate of drug-likeness (QED) is 0.696. The number of carbonyl (C=O) groups excluding carboxylic acids is 3. The number of urea groups is 1. The molecule has 3 rings (SSSR count). The Morgan fingerprint density at radius 3 is 2.79 bits per heavy atom. The van der Waals surface area contributed by atoms with Crippen LogP contribution in [0.2, 0.25) is 0 Å². The molecule has 0 bridgehead atoms. The van der Waals surface area contributed by atoms with Crippen LogP contribution in [-0.4, -0.2) is 39.3 Å². The van der Waals surface area contributed by atoms with Gasteiger partial charge in [0.2, 0.25) is 5.91 Å². The molecular weight excluding hydrogens is 312 g/mol. The van der Waals surface area contributed by atoms with Crippen molar-refractivity contribution in [3.8, 4) is 0 Å². The van der Waals surface area contributed by atoms with Gasteiger partial charge in [-0.1, -0.05) is 12.1 Å². The molecule has 0 aliphatic carbocycles. The Labute approximate surface area is 136 Å². The van der Waals surface area contributed by atoms with Gasteiger partial charge in [-0.2, -0.15) is 0 Å². The fourth-order valence-corrected chi connectivity index (χ4v) is 2.26. The third-order valence-electron chi connectivity index (χ3n) is 3.40. The van der Waals surface area contributed by atoms with E-state index in [1.54, 1.807) is 24.3 Å². The molecular formula is C15H14N6O3. The summed E-state index contributed by atoms with van der Waals surface area (Å²) in [4.78, 5) is 44.2. The second-order valence-electron chi connectivity index (χ2n) is 5.08. The van der Waals surface area contributed by atoms with Gasteiger partial charge in [-0.15, -0.1) is 0 Å². The Kier molecular flexibility index (Phi) is 4.06. The third-order valence-corrected chi connectivity index (χ3v) is 3.40. The summed E-state index contributed by atoms with van der Waals surface area (Å²) >= 11 is 0. The standard InChI is InChI=1S/C15H14N6O3/c16-13-12(17-4-5-18-13)14(23)20-10-3-1-2-9(6-10)8-21-11(22)7-19-15(21)24/h1-6H,7-8H2,(H2,16,18)(H,19,24)(H,20,23). The molecule has 0 spiro atoms. The van der Waals surface area contributed by atoms with Crippen molar-refractivity contribution in [1.82, 2.24) is 20.2 Å². The van der Waals surface area contributed by atoms with E-state index in [1.807, 2.05) is 0 Å². The van der Waals surface area contributed by atoms with Gasteiger partial charge in [0.15, 0.2) is 11.5 Å². The summed E-state index contributed by atoms with van der Waals surface area (Å²) in [5.74, 6) is -0.750. The predicted octanol–water partition coefficient (Wildman–Crippen LogP) is 0.363. The van der Waals surface area contributed by atoms with Gasteiger partial charge in [0.1, 0.15) is 0 Å². The molecule has 2 aromatic rings. The molecule has 0 radical (unpaired) electrons. The summed E-state index contributed by atoms with van der Waals surface area (Å²) in [5.41, 5.74) is 6.84. The van der Waals surface area contributed by atoms with Crippen LogP contribution in [-0.2, 0) is 11.3 Å². The number of aromatic nitrogens is 2. The van der Waals surface area contributed by atoms with Crippen molar-refractivity contribution in [2.45, 2.75) is 6.54 Å². The van der Waals surface area contributed by atoms with Crippen LogP contribution in [0.3, 0.4) is 0 Å². The fourth-order valence-electron chi connectivity index (χ4n) is 2.26. The molecule has 1 aromatic heterocycles. The number of benzene rings is 1. The Morgan fingerprint density at radius 1 is 1.29 bits per heavy atom. The summed E-state index contributed by atoms with van der Waals surface area (Å²) in [6.45, 7) is 0.128. The maximum Gasteiger partial charge on any atom is 0.324 e. The van der Waals surface area contributed by atoms with Crippen molar-refractivity contribution in [2.24, 2.45) is 0 Å². The molecule has 122 valence electrons. The van der Waals surface area contributed by atoms with E-state index in [9.17, 15) is 14.4 Å². The van der Waals surface area contributed by atoms with Crippen molar-refractivity contribution in [2.75, 3.05) is 17.6 Å². The molecule has 0 atom stereocenters. The minimum atomic E-state index is -0.493. The van der Waals surface area contributed by atoms with Crippen LogP contribution >= 0.6 is 0 Å². The van der Waals surface area contributed by atoms with E-state index in [2.05, 4.69) is 20.6 Å². The highest BCUT2D eigenvalue weighted by molar-refractivity contribution is 6.05. The number of hydrogen-bond donors (Lipinski definition) is 3. The molecule has 4 amide bonds. The van der Waals surface area contributed by atoms with Crippen LogP contribution in [0, 0.1) is 0 Å². The van der Waals surface area contributed by atoms with Gasteiger partial charge in [0.25, 0.3) is 5.91 Å². The minimum absolute atomic E-state index is 0.00120. The molecule has 4 N–H and O–H groups in total. The minimum Gasteiger partial charge on any atom is -0.382 e. The number of anilines is 2. The second kappa shape index (κ2) is 6.32. The summed E-state index contributed by atoms with van der Waals surface area (Å²) < 4.78 is 0. The number of nitrogens with one attached hydrogen (secondary N) is 2. The number of rotatable bonds is 4. The van der Waals surface area contributed by atoms with Gasteiger partial charge in [-0.05, 0) is 17.7 Å². The lowest BCUT2D eigenvalue weighted by molar-refractivity contribution is -0.125. The van der Waals surface area contributed by atoms with Gasteiger partial charge < -0.3 is 16.4 Å². The van der Waals surface area contributed by atoms with Crippen molar-refractivity contribution >= 4 is 29.4 Å². The van der Waals surface area contributed by atoms with E-state index in [0.717, 1.165) is 4.90 Å². The molecule has 1 aliphatic rings. The topological polar surface area (TPSA) is 130 Å². The van der Waals surface area contributed by atoms with E-state index in [0.29, 0.717) is 11.3 Å².